The number of amides is 1. The molecule has 0 radical (unpaired) electrons. The molecular weight excluding hydrogens is 275 g/mol. The Hall–Kier alpha value is -1.66. The Morgan fingerprint density at radius 3 is 2.68 bits per heavy atom. The summed E-state index contributed by atoms with van der Waals surface area (Å²) in [5, 5.41) is 8.98. The molecule has 0 saturated carbocycles. The standard InChI is InChI=1S/C12H12ClFN2O3/c13-7-2-1-3-8(14)9(7)10(17)16-5-4-12(15,6-16)11(18)19/h1-3H,4-6,15H2,(H,18,19). The molecule has 7 heteroatoms. The third kappa shape index (κ3) is 2.41. The van der Waals surface area contributed by atoms with E-state index < -0.39 is 23.2 Å². The molecule has 1 heterocycles. The minimum Gasteiger partial charge on any atom is -0.480 e. The zero-order valence-corrected chi connectivity index (χ0v) is 10.7. The van der Waals surface area contributed by atoms with Crippen LogP contribution in [0.15, 0.2) is 18.2 Å². The van der Waals surface area contributed by atoms with Gasteiger partial charge in [-0.1, -0.05) is 17.7 Å². The molecule has 19 heavy (non-hydrogen) atoms. The Morgan fingerprint density at radius 1 is 1.47 bits per heavy atom. The van der Waals surface area contributed by atoms with Crippen LogP contribution in [0.5, 0.6) is 0 Å². The molecule has 1 amide bonds. The molecule has 0 spiro atoms. The lowest BCUT2D eigenvalue weighted by Crippen LogP contribution is -2.50. The molecule has 1 unspecified atom stereocenters. The molecule has 1 atom stereocenters. The third-order valence-electron chi connectivity index (χ3n) is 3.19. The second-order valence-corrected chi connectivity index (χ2v) is 4.94. The second kappa shape index (κ2) is 4.79. The topological polar surface area (TPSA) is 83.6 Å². The summed E-state index contributed by atoms with van der Waals surface area (Å²) in [6.45, 7) is -0.00186. The lowest BCUT2D eigenvalue weighted by Gasteiger charge is -2.20. The summed E-state index contributed by atoms with van der Waals surface area (Å²) in [4.78, 5) is 24.4. The van der Waals surface area contributed by atoms with Crippen molar-refractivity contribution in [3.63, 3.8) is 0 Å². The van der Waals surface area contributed by atoms with Crippen molar-refractivity contribution in [2.24, 2.45) is 5.73 Å². The number of likely N-dealkylation sites (tertiary alicyclic amines) is 1. The predicted octanol–water partition coefficient (Wildman–Crippen LogP) is 1.11. The molecule has 1 aliphatic rings. The zero-order chi connectivity index (χ0) is 14.2. The zero-order valence-electron chi connectivity index (χ0n) is 9.90. The number of carbonyl (C=O) groups is 2. The highest BCUT2D eigenvalue weighted by molar-refractivity contribution is 6.33. The van der Waals surface area contributed by atoms with Crippen molar-refractivity contribution in [1.82, 2.24) is 4.90 Å². The summed E-state index contributed by atoms with van der Waals surface area (Å²) >= 11 is 5.80. The fourth-order valence-corrected chi connectivity index (χ4v) is 2.29. The summed E-state index contributed by atoms with van der Waals surface area (Å²) in [7, 11) is 0. The lowest BCUT2D eigenvalue weighted by molar-refractivity contribution is -0.142. The Bertz CT molecular complexity index is 532. The van der Waals surface area contributed by atoms with Gasteiger partial charge in [-0.05, 0) is 18.6 Å². The van der Waals surface area contributed by atoms with Gasteiger partial charge in [-0.15, -0.1) is 0 Å². The van der Waals surface area contributed by atoms with Gasteiger partial charge in [-0.3, -0.25) is 9.59 Å². The van der Waals surface area contributed by atoms with Crippen molar-refractivity contribution in [3.8, 4) is 0 Å². The van der Waals surface area contributed by atoms with E-state index in [1.165, 1.54) is 17.0 Å². The van der Waals surface area contributed by atoms with Crippen LogP contribution in [0.3, 0.4) is 0 Å². The van der Waals surface area contributed by atoms with Crippen LogP contribution in [0.25, 0.3) is 0 Å². The second-order valence-electron chi connectivity index (χ2n) is 4.53. The van der Waals surface area contributed by atoms with Gasteiger partial charge in [0.1, 0.15) is 11.4 Å². The fourth-order valence-electron chi connectivity index (χ4n) is 2.04. The monoisotopic (exact) mass is 286 g/mol. The van der Waals surface area contributed by atoms with Crippen LogP contribution in [0.2, 0.25) is 5.02 Å². The van der Waals surface area contributed by atoms with Gasteiger partial charge >= 0.3 is 5.97 Å². The molecule has 0 aromatic heterocycles. The molecule has 0 bridgehead atoms. The van der Waals surface area contributed by atoms with Crippen LogP contribution >= 0.6 is 11.6 Å². The van der Waals surface area contributed by atoms with Crippen molar-refractivity contribution in [1.29, 1.82) is 0 Å². The van der Waals surface area contributed by atoms with E-state index in [1.54, 1.807) is 0 Å². The first-order valence-corrected chi connectivity index (χ1v) is 5.98. The van der Waals surface area contributed by atoms with Crippen molar-refractivity contribution >= 4 is 23.5 Å². The predicted molar refractivity (Wildman–Crippen MR) is 66.5 cm³/mol. The number of halogens is 2. The first kappa shape index (κ1) is 13.8. The first-order chi connectivity index (χ1) is 8.85. The number of carboxylic acids is 1. The van der Waals surface area contributed by atoms with Crippen molar-refractivity contribution < 1.29 is 19.1 Å². The number of carbonyl (C=O) groups excluding carboxylic acids is 1. The van der Waals surface area contributed by atoms with Crippen molar-refractivity contribution in [2.75, 3.05) is 13.1 Å². The number of hydrogen-bond acceptors (Lipinski definition) is 3. The number of benzene rings is 1. The summed E-state index contributed by atoms with van der Waals surface area (Å²) < 4.78 is 13.6. The van der Waals surface area contributed by atoms with E-state index in [4.69, 9.17) is 22.4 Å². The molecule has 1 aromatic carbocycles. The fraction of sp³-hybridized carbons (Fsp3) is 0.333. The molecule has 5 nitrogen and oxygen atoms in total. The van der Waals surface area contributed by atoms with E-state index in [0.29, 0.717) is 0 Å². The van der Waals surface area contributed by atoms with Crippen LogP contribution in [-0.4, -0.2) is 40.5 Å². The Kier molecular flexibility index (Phi) is 3.47. The molecule has 102 valence electrons. The number of nitrogens with two attached hydrogens (primary N) is 1. The maximum Gasteiger partial charge on any atom is 0.325 e. The minimum absolute atomic E-state index is 0.00477. The normalized spacial score (nSPS) is 22.6. The molecule has 0 aliphatic carbocycles. The smallest absolute Gasteiger partial charge is 0.325 e. The van der Waals surface area contributed by atoms with Gasteiger partial charge in [0.15, 0.2) is 0 Å². The largest absolute Gasteiger partial charge is 0.480 e. The Morgan fingerprint density at radius 2 is 2.16 bits per heavy atom. The number of carboxylic acid groups (broad SMARTS) is 1. The van der Waals surface area contributed by atoms with Crippen LogP contribution in [0.1, 0.15) is 16.8 Å². The minimum atomic E-state index is -1.48. The van der Waals surface area contributed by atoms with E-state index in [0.717, 1.165) is 6.07 Å². The number of aliphatic carboxylic acids is 1. The molecule has 2 rings (SSSR count). The summed E-state index contributed by atoms with van der Waals surface area (Å²) in [5.74, 6) is -2.55. The number of hydrogen-bond donors (Lipinski definition) is 2. The first-order valence-electron chi connectivity index (χ1n) is 5.61. The number of rotatable bonds is 2. The molecule has 1 aliphatic heterocycles. The highest BCUT2D eigenvalue weighted by atomic mass is 35.5. The van der Waals surface area contributed by atoms with Gasteiger partial charge in [0.05, 0.1) is 10.6 Å². The van der Waals surface area contributed by atoms with Crippen LogP contribution in [-0.2, 0) is 4.79 Å². The van der Waals surface area contributed by atoms with E-state index in [1.807, 2.05) is 0 Å². The SMILES string of the molecule is NC1(C(=O)O)CCN(C(=O)c2c(F)cccc2Cl)C1. The van der Waals surface area contributed by atoms with Gasteiger partial charge in [-0.2, -0.15) is 0 Å². The van der Waals surface area contributed by atoms with Gasteiger partial charge in [0.25, 0.3) is 5.91 Å². The molecular formula is C12H12ClFN2O3. The van der Waals surface area contributed by atoms with Gasteiger partial charge < -0.3 is 15.7 Å². The third-order valence-corrected chi connectivity index (χ3v) is 3.51. The van der Waals surface area contributed by atoms with Crippen molar-refractivity contribution in [2.45, 2.75) is 12.0 Å². The Balaban J connectivity index is 2.25. The molecule has 1 fully saturated rings. The summed E-state index contributed by atoms with van der Waals surface area (Å²) in [5.41, 5.74) is 3.93. The highest BCUT2D eigenvalue weighted by Gasteiger charge is 2.43. The lowest BCUT2D eigenvalue weighted by atomic mass is 10.0. The summed E-state index contributed by atoms with van der Waals surface area (Å²) in [6, 6.07) is 3.92. The average Bonchev–Trinajstić information content (AvgIpc) is 2.73. The van der Waals surface area contributed by atoms with E-state index in [-0.39, 0.29) is 30.1 Å². The van der Waals surface area contributed by atoms with E-state index >= 15 is 0 Å². The average molecular weight is 287 g/mol. The summed E-state index contributed by atoms with van der Waals surface area (Å²) in [6.07, 6.45) is 0.125. The highest BCUT2D eigenvalue weighted by Crippen LogP contribution is 2.25. The number of nitrogens with zero attached hydrogens (tertiary/aromatic N) is 1. The molecule has 1 aromatic rings. The Labute approximate surface area is 113 Å². The maximum atomic E-state index is 13.6. The van der Waals surface area contributed by atoms with Crippen molar-refractivity contribution in [3.05, 3.63) is 34.6 Å². The van der Waals surface area contributed by atoms with Crippen LogP contribution in [0.4, 0.5) is 4.39 Å². The van der Waals surface area contributed by atoms with Gasteiger partial charge in [-0.25, -0.2) is 4.39 Å². The van der Waals surface area contributed by atoms with E-state index in [2.05, 4.69) is 0 Å². The van der Waals surface area contributed by atoms with Crippen LogP contribution in [0, 0.1) is 5.82 Å². The molecule has 1 saturated heterocycles. The van der Waals surface area contributed by atoms with E-state index in [9.17, 15) is 14.0 Å². The van der Waals surface area contributed by atoms with Crippen LogP contribution < -0.4 is 5.73 Å². The quantitative estimate of drug-likeness (QED) is 0.853. The van der Waals surface area contributed by atoms with Gasteiger partial charge in [0, 0.05) is 13.1 Å². The molecule has 3 N–H and O–H groups in total. The van der Waals surface area contributed by atoms with Gasteiger partial charge in [0.2, 0.25) is 0 Å². The maximum absolute atomic E-state index is 13.6.